The predicted molar refractivity (Wildman–Crippen MR) is 49.0 cm³/mol. The first kappa shape index (κ1) is 8.31. The van der Waals surface area contributed by atoms with Gasteiger partial charge in [0.15, 0.2) is 12.5 Å². The molecule has 1 amide bonds. The number of nitrogens with one attached hydrogen (secondary N) is 1. The lowest BCUT2D eigenvalue weighted by Gasteiger charge is -2.25. The van der Waals surface area contributed by atoms with Crippen molar-refractivity contribution in [2.45, 2.75) is 0 Å². The van der Waals surface area contributed by atoms with Crippen LogP contribution < -0.4 is 4.74 Å². The highest BCUT2D eigenvalue weighted by Crippen LogP contribution is 2.22. The van der Waals surface area contributed by atoms with Gasteiger partial charge in [-0.3, -0.25) is 4.79 Å². The van der Waals surface area contributed by atoms with E-state index in [0.29, 0.717) is 16.0 Å². The number of nitrogens with zero attached hydrogens (tertiary/aromatic N) is 1. The molecule has 0 aromatic carbocycles. The Hall–Kier alpha value is -1.30. The molecule has 6 heteroatoms. The average molecular weight is 192 g/mol. The van der Waals surface area contributed by atoms with Crippen molar-refractivity contribution in [3.05, 3.63) is 22.5 Å². The van der Waals surface area contributed by atoms with Gasteiger partial charge in [0.05, 0.1) is 5.56 Å². The van der Waals surface area contributed by atoms with Crippen molar-refractivity contribution in [1.29, 1.82) is 0 Å². The molecule has 13 heavy (non-hydrogen) atoms. The Balaban J connectivity index is 2.58. The van der Waals surface area contributed by atoms with Gasteiger partial charge in [0.2, 0.25) is 13.9 Å². The summed E-state index contributed by atoms with van der Waals surface area (Å²) in [4.78, 5) is 15.2. The standard InChI is InChI=1S/C7H5BN2O2S/c8-10-3-12-5-2-9-6(13)1-4(5)7(10)11/h1-2H,3H2,(H,9,13). The molecule has 0 saturated carbocycles. The van der Waals surface area contributed by atoms with Crippen LogP contribution in [0.1, 0.15) is 10.4 Å². The summed E-state index contributed by atoms with van der Waals surface area (Å²) < 4.78 is 5.64. The third-order valence-electron chi connectivity index (χ3n) is 1.74. The smallest absolute Gasteiger partial charge is 0.247 e. The zero-order valence-electron chi connectivity index (χ0n) is 6.61. The molecule has 2 radical (unpaired) electrons. The van der Waals surface area contributed by atoms with E-state index in [1.54, 1.807) is 6.20 Å². The number of fused-ring (bicyclic) bond motifs is 1. The molecule has 1 aromatic rings. The van der Waals surface area contributed by atoms with Crippen LogP contribution >= 0.6 is 12.2 Å². The Morgan fingerprint density at radius 1 is 1.69 bits per heavy atom. The summed E-state index contributed by atoms with van der Waals surface area (Å²) in [5, 5.41) is 0. The molecule has 2 heterocycles. The van der Waals surface area contributed by atoms with Crippen molar-refractivity contribution >= 4 is 26.1 Å². The highest BCUT2D eigenvalue weighted by molar-refractivity contribution is 7.71. The van der Waals surface area contributed by atoms with E-state index in [4.69, 9.17) is 24.9 Å². The van der Waals surface area contributed by atoms with Gasteiger partial charge in [-0.25, -0.2) is 0 Å². The summed E-state index contributed by atoms with van der Waals surface area (Å²) in [6, 6.07) is 1.53. The molecule has 0 bridgehead atoms. The third kappa shape index (κ3) is 1.33. The van der Waals surface area contributed by atoms with Crippen LogP contribution in [0.15, 0.2) is 12.3 Å². The number of carbonyl (C=O) groups is 1. The highest BCUT2D eigenvalue weighted by atomic mass is 32.1. The van der Waals surface area contributed by atoms with Crippen LogP contribution in [0, 0.1) is 4.64 Å². The van der Waals surface area contributed by atoms with E-state index >= 15 is 0 Å². The summed E-state index contributed by atoms with van der Waals surface area (Å²) in [5.41, 5.74) is 0.400. The number of amides is 1. The summed E-state index contributed by atoms with van der Waals surface area (Å²) in [6.07, 6.45) is 1.56. The van der Waals surface area contributed by atoms with Crippen molar-refractivity contribution in [1.82, 2.24) is 9.79 Å². The van der Waals surface area contributed by atoms with Crippen molar-refractivity contribution in [3.8, 4) is 5.75 Å². The maximum absolute atomic E-state index is 11.4. The van der Waals surface area contributed by atoms with Gasteiger partial charge in [-0.05, 0) is 6.07 Å². The SMILES string of the molecule is [B]N1COc2c[nH]c(=S)cc2C1=O. The molecule has 0 saturated heterocycles. The van der Waals surface area contributed by atoms with E-state index in [-0.39, 0.29) is 12.6 Å². The minimum Gasteiger partial charge on any atom is -0.472 e. The number of carbonyl (C=O) groups excluding carboxylic acids is 1. The van der Waals surface area contributed by atoms with E-state index in [1.807, 2.05) is 0 Å². The number of rotatable bonds is 0. The minimum atomic E-state index is -0.277. The van der Waals surface area contributed by atoms with Crippen molar-refractivity contribution < 1.29 is 9.53 Å². The fourth-order valence-corrected chi connectivity index (χ4v) is 1.27. The number of hydrogen-bond donors (Lipinski definition) is 1. The van der Waals surface area contributed by atoms with E-state index in [1.165, 1.54) is 6.07 Å². The van der Waals surface area contributed by atoms with Crippen molar-refractivity contribution in [2.24, 2.45) is 0 Å². The molecule has 1 aliphatic rings. The number of aromatic amines is 1. The minimum absolute atomic E-state index is 0.0659. The molecule has 0 aliphatic carbocycles. The fraction of sp³-hybridized carbons (Fsp3) is 0.143. The second kappa shape index (κ2) is 2.88. The van der Waals surface area contributed by atoms with Crippen LogP contribution in [0.4, 0.5) is 0 Å². The van der Waals surface area contributed by atoms with Crippen LogP contribution in [-0.4, -0.2) is 30.4 Å². The highest BCUT2D eigenvalue weighted by Gasteiger charge is 2.21. The Morgan fingerprint density at radius 2 is 2.46 bits per heavy atom. The zero-order valence-corrected chi connectivity index (χ0v) is 7.43. The van der Waals surface area contributed by atoms with Gasteiger partial charge in [0.1, 0.15) is 4.64 Å². The molecule has 0 unspecified atom stereocenters. The molecule has 0 spiro atoms. The summed E-state index contributed by atoms with van der Waals surface area (Å²) in [6.45, 7) is 0.0659. The maximum Gasteiger partial charge on any atom is 0.247 e. The lowest BCUT2D eigenvalue weighted by atomic mass is 10.1. The van der Waals surface area contributed by atoms with Gasteiger partial charge >= 0.3 is 0 Å². The van der Waals surface area contributed by atoms with Gasteiger partial charge < -0.3 is 14.5 Å². The van der Waals surface area contributed by atoms with Crippen LogP contribution in [0.2, 0.25) is 0 Å². The lowest BCUT2D eigenvalue weighted by Crippen LogP contribution is -2.36. The first-order valence-electron chi connectivity index (χ1n) is 3.60. The Morgan fingerprint density at radius 3 is 3.23 bits per heavy atom. The van der Waals surface area contributed by atoms with Gasteiger partial charge in [0, 0.05) is 6.20 Å². The number of aromatic nitrogens is 1. The molecule has 1 aliphatic heterocycles. The van der Waals surface area contributed by atoms with Crippen LogP contribution in [0.3, 0.4) is 0 Å². The molecule has 0 atom stereocenters. The van der Waals surface area contributed by atoms with Crippen LogP contribution in [0.5, 0.6) is 5.75 Å². The first-order valence-corrected chi connectivity index (χ1v) is 4.01. The van der Waals surface area contributed by atoms with Gasteiger partial charge in [0.25, 0.3) is 0 Å². The Labute approximate surface area is 80.9 Å². The summed E-state index contributed by atoms with van der Waals surface area (Å²) in [7, 11) is 5.36. The average Bonchev–Trinajstić information content (AvgIpc) is 2.12. The van der Waals surface area contributed by atoms with Gasteiger partial charge in [-0.2, -0.15) is 0 Å². The topological polar surface area (TPSA) is 45.3 Å². The molecule has 0 fully saturated rings. The van der Waals surface area contributed by atoms with E-state index < -0.39 is 0 Å². The van der Waals surface area contributed by atoms with E-state index in [0.717, 1.165) is 4.81 Å². The molecular formula is C7H5BN2O2S. The third-order valence-corrected chi connectivity index (χ3v) is 1.97. The molecule has 2 rings (SSSR count). The number of H-pyrrole nitrogens is 1. The number of ether oxygens (including phenoxy) is 1. The quantitative estimate of drug-likeness (QED) is 0.484. The maximum atomic E-state index is 11.4. The molecule has 4 nitrogen and oxygen atoms in total. The zero-order chi connectivity index (χ0) is 9.42. The monoisotopic (exact) mass is 192 g/mol. The van der Waals surface area contributed by atoms with E-state index in [2.05, 4.69) is 4.98 Å². The predicted octanol–water partition coefficient (Wildman–Crippen LogP) is 0.620. The Kier molecular flexibility index (Phi) is 1.84. The second-order valence-corrected chi connectivity index (χ2v) is 3.06. The van der Waals surface area contributed by atoms with Gasteiger partial charge in [-0.15, -0.1) is 0 Å². The van der Waals surface area contributed by atoms with E-state index in [9.17, 15) is 4.79 Å². The first-order chi connectivity index (χ1) is 6.18. The van der Waals surface area contributed by atoms with Crippen LogP contribution in [0.25, 0.3) is 0 Å². The lowest BCUT2D eigenvalue weighted by molar-refractivity contribution is 0.0721. The van der Waals surface area contributed by atoms with Crippen molar-refractivity contribution in [2.75, 3.05) is 6.73 Å². The second-order valence-electron chi connectivity index (χ2n) is 2.62. The summed E-state index contributed by atoms with van der Waals surface area (Å²) in [5.74, 6) is 0.210. The number of hydrogen-bond acceptors (Lipinski definition) is 3. The van der Waals surface area contributed by atoms with Crippen molar-refractivity contribution in [3.63, 3.8) is 0 Å². The summed E-state index contributed by atoms with van der Waals surface area (Å²) >= 11 is 4.87. The molecule has 1 aromatic heterocycles. The largest absolute Gasteiger partial charge is 0.472 e. The molecular weight excluding hydrogens is 187 g/mol. The number of pyridine rings is 1. The Bertz CT molecular complexity index is 417. The molecule has 64 valence electrons. The molecule has 1 N–H and O–H groups in total. The fourth-order valence-electron chi connectivity index (χ4n) is 1.10. The van der Waals surface area contributed by atoms with Crippen LogP contribution in [-0.2, 0) is 0 Å². The van der Waals surface area contributed by atoms with Gasteiger partial charge in [-0.1, -0.05) is 12.2 Å². The normalized spacial score (nSPS) is 15.1.